The Balaban J connectivity index is 0.00000392. The summed E-state index contributed by atoms with van der Waals surface area (Å²) in [4.78, 5) is 16.8. The van der Waals surface area contributed by atoms with Crippen molar-refractivity contribution in [2.75, 3.05) is 51.3 Å². The van der Waals surface area contributed by atoms with Gasteiger partial charge in [-0.25, -0.2) is 8.42 Å². The van der Waals surface area contributed by atoms with Gasteiger partial charge < -0.3 is 16.0 Å². The van der Waals surface area contributed by atoms with E-state index in [-0.39, 0.29) is 30.5 Å². The van der Waals surface area contributed by atoms with Crippen molar-refractivity contribution in [2.45, 2.75) is 25.4 Å². The van der Waals surface area contributed by atoms with Gasteiger partial charge in [0.05, 0.1) is 11.8 Å². The molecule has 0 spiro atoms. The largest absolute Gasteiger partial charge is 0.355 e. The molecule has 1 fully saturated rings. The van der Waals surface area contributed by atoms with Gasteiger partial charge in [0.2, 0.25) is 5.91 Å². The fourth-order valence-corrected chi connectivity index (χ4v) is 3.81. The molecular formula is C19H33ClN4O3S. The molecule has 1 aliphatic heterocycles. The zero-order chi connectivity index (χ0) is 19.7. The number of sulfone groups is 1. The number of rotatable bonds is 10. The first kappa shape index (κ1) is 24.8. The third-order valence-electron chi connectivity index (χ3n) is 4.80. The summed E-state index contributed by atoms with van der Waals surface area (Å²) in [5.41, 5.74) is 7.08. The molecule has 7 nitrogen and oxygen atoms in total. The van der Waals surface area contributed by atoms with Crippen LogP contribution in [-0.2, 0) is 21.2 Å². The van der Waals surface area contributed by atoms with Crippen molar-refractivity contribution in [2.24, 2.45) is 5.73 Å². The van der Waals surface area contributed by atoms with Crippen LogP contribution in [0.4, 0.5) is 0 Å². The van der Waals surface area contributed by atoms with E-state index >= 15 is 0 Å². The fraction of sp³-hybridized carbons (Fsp3) is 0.632. The molecule has 0 aromatic heterocycles. The molecule has 28 heavy (non-hydrogen) atoms. The molecule has 0 saturated carbocycles. The van der Waals surface area contributed by atoms with Gasteiger partial charge in [-0.2, -0.15) is 0 Å². The molecule has 1 atom stereocenters. The number of amides is 1. The topological polar surface area (TPSA) is 95.7 Å². The van der Waals surface area contributed by atoms with Crippen LogP contribution in [0.5, 0.6) is 0 Å². The standard InChI is InChI=1S/C19H32N4O3S.ClH/c1-27(25,26)15-8-18(20)19(24)21-9-5-10-22-11-13-23(14-12-22)16-17-6-3-2-4-7-17;/h2-4,6-7,18H,5,8-16,20H2,1H3,(H,21,24);1H. The van der Waals surface area contributed by atoms with Gasteiger partial charge in [0.1, 0.15) is 9.84 Å². The first-order valence-electron chi connectivity index (χ1n) is 9.53. The summed E-state index contributed by atoms with van der Waals surface area (Å²) in [6.45, 7) is 6.68. The average Bonchev–Trinajstić information content (AvgIpc) is 2.64. The van der Waals surface area contributed by atoms with Crippen LogP contribution in [0.15, 0.2) is 30.3 Å². The van der Waals surface area contributed by atoms with Gasteiger partial charge in [-0.1, -0.05) is 30.3 Å². The summed E-state index contributed by atoms with van der Waals surface area (Å²) in [5.74, 6) is -0.333. The van der Waals surface area contributed by atoms with Crippen molar-refractivity contribution >= 4 is 28.2 Å². The van der Waals surface area contributed by atoms with Gasteiger partial charge in [0.25, 0.3) is 0 Å². The molecule has 1 aromatic carbocycles. The first-order chi connectivity index (χ1) is 12.8. The Morgan fingerprint density at radius 2 is 1.75 bits per heavy atom. The first-order valence-corrected chi connectivity index (χ1v) is 11.6. The maximum Gasteiger partial charge on any atom is 0.236 e. The van der Waals surface area contributed by atoms with Crippen LogP contribution in [-0.4, -0.2) is 81.4 Å². The summed E-state index contributed by atoms with van der Waals surface area (Å²) < 4.78 is 22.2. The maximum atomic E-state index is 11.9. The highest BCUT2D eigenvalue weighted by Gasteiger charge is 2.18. The van der Waals surface area contributed by atoms with Gasteiger partial charge >= 0.3 is 0 Å². The third kappa shape index (κ3) is 9.84. The molecule has 1 heterocycles. The Hall–Kier alpha value is -1.19. The average molecular weight is 433 g/mol. The molecule has 1 amide bonds. The quantitative estimate of drug-likeness (QED) is 0.522. The van der Waals surface area contributed by atoms with Gasteiger partial charge in [0, 0.05) is 45.5 Å². The van der Waals surface area contributed by atoms with E-state index in [4.69, 9.17) is 5.73 Å². The Morgan fingerprint density at radius 1 is 1.14 bits per heavy atom. The lowest BCUT2D eigenvalue weighted by Gasteiger charge is -2.34. The molecule has 2 rings (SSSR count). The van der Waals surface area contributed by atoms with E-state index in [2.05, 4.69) is 39.4 Å². The highest BCUT2D eigenvalue weighted by molar-refractivity contribution is 7.90. The number of hydrogen-bond acceptors (Lipinski definition) is 6. The van der Waals surface area contributed by atoms with Crippen LogP contribution in [0.25, 0.3) is 0 Å². The van der Waals surface area contributed by atoms with Gasteiger partial charge in [-0.05, 0) is 24.9 Å². The third-order valence-corrected chi connectivity index (χ3v) is 5.78. The lowest BCUT2D eigenvalue weighted by Crippen LogP contribution is -2.47. The summed E-state index contributed by atoms with van der Waals surface area (Å²) in [6, 6.07) is 9.76. The molecule has 0 aliphatic carbocycles. The van der Waals surface area contributed by atoms with E-state index in [1.54, 1.807) is 0 Å². The summed E-state index contributed by atoms with van der Waals surface area (Å²) >= 11 is 0. The van der Waals surface area contributed by atoms with Gasteiger partial charge in [-0.3, -0.25) is 9.69 Å². The molecular weight excluding hydrogens is 400 g/mol. The minimum absolute atomic E-state index is 0. The second-order valence-electron chi connectivity index (χ2n) is 7.27. The molecule has 160 valence electrons. The Kier molecular flexibility index (Phi) is 11.0. The Bertz CT molecular complexity index is 680. The molecule has 0 bridgehead atoms. The molecule has 3 N–H and O–H groups in total. The second kappa shape index (κ2) is 12.4. The zero-order valence-corrected chi connectivity index (χ0v) is 18.2. The number of benzene rings is 1. The van der Waals surface area contributed by atoms with E-state index in [0.29, 0.717) is 6.54 Å². The molecule has 1 aromatic rings. The van der Waals surface area contributed by atoms with Crippen LogP contribution in [0.1, 0.15) is 18.4 Å². The lowest BCUT2D eigenvalue weighted by atomic mass is 10.2. The number of hydrogen-bond donors (Lipinski definition) is 2. The number of nitrogens with zero attached hydrogens (tertiary/aromatic N) is 2. The smallest absolute Gasteiger partial charge is 0.236 e. The molecule has 1 saturated heterocycles. The predicted octanol–water partition coefficient (Wildman–Crippen LogP) is 0.494. The van der Waals surface area contributed by atoms with Gasteiger partial charge in [-0.15, -0.1) is 12.4 Å². The SMILES string of the molecule is CS(=O)(=O)CCC(N)C(=O)NCCCN1CCN(Cc2ccccc2)CC1.Cl. The molecule has 1 aliphatic rings. The Morgan fingerprint density at radius 3 is 2.36 bits per heavy atom. The summed E-state index contributed by atoms with van der Waals surface area (Å²) in [6.07, 6.45) is 2.18. The minimum Gasteiger partial charge on any atom is -0.355 e. The number of piperazine rings is 1. The zero-order valence-electron chi connectivity index (χ0n) is 16.5. The number of nitrogens with two attached hydrogens (primary N) is 1. The molecule has 0 radical (unpaired) electrons. The van der Waals surface area contributed by atoms with Crippen LogP contribution in [0.2, 0.25) is 0 Å². The van der Waals surface area contributed by atoms with Crippen molar-refractivity contribution < 1.29 is 13.2 Å². The number of halogens is 1. The highest BCUT2D eigenvalue weighted by atomic mass is 35.5. The van der Waals surface area contributed by atoms with E-state index in [1.807, 2.05) is 6.07 Å². The van der Waals surface area contributed by atoms with E-state index in [0.717, 1.165) is 51.9 Å². The second-order valence-corrected chi connectivity index (χ2v) is 9.53. The summed E-state index contributed by atoms with van der Waals surface area (Å²) in [5, 5.41) is 2.80. The van der Waals surface area contributed by atoms with Crippen molar-refractivity contribution in [1.82, 2.24) is 15.1 Å². The van der Waals surface area contributed by atoms with E-state index in [1.165, 1.54) is 5.56 Å². The van der Waals surface area contributed by atoms with Crippen molar-refractivity contribution in [3.8, 4) is 0 Å². The molecule has 9 heteroatoms. The number of carbonyl (C=O) groups excluding carboxylic acids is 1. The maximum absolute atomic E-state index is 11.9. The highest BCUT2D eigenvalue weighted by Crippen LogP contribution is 2.08. The number of nitrogens with one attached hydrogen (secondary N) is 1. The predicted molar refractivity (Wildman–Crippen MR) is 115 cm³/mol. The van der Waals surface area contributed by atoms with Crippen LogP contribution in [0, 0.1) is 0 Å². The van der Waals surface area contributed by atoms with E-state index < -0.39 is 15.9 Å². The van der Waals surface area contributed by atoms with Gasteiger partial charge in [0.15, 0.2) is 0 Å². The van der Waals surface area contributed by atoms with Crippen LogP contribution in [0.3, 0.4) is 0 Å². The normalized spacial score (nSPS) is 16.9. The van der Waals surface area contributed by atoms with Crippen molar-refractivity contribution in [3.05, 3.63) is 35.9 Å². The van der Waals surface area contributed by atoms with Crippen LogP contribution < -0.4 is 11.1 Å². The van der Waals surface area contributed by atoms with Crippen molar-refractivity contribution in [1.29, 1.82) is 0 Å². The Labute approximate surface area is 175 Å². The molecule has 1 unspecified atom stereocenters. The van der Waals surface area contributed by atoms with Crippen LogP contribution >= 0.6 is 12.4 Å². The summed E-state index contributed by atoms with van der Waals surface area (Å²) in [7, 11) is -3.09. The van der Waals surface area contributed by atoms with Crippen molar-refractivity contribution in [3.63, 3.8) is 0 Å². The lowest BCUT2D eigenvalue weighted by molar-refractivity contribution is -0.122. The van der Waals surface area contributed by atoms with E-state index in [9.17, 15) is 13.2 Å². The monoisotopic (exact) mass is 432 g/mol. The minimum atomic E-state index is -3.09. The number of carbonyl (C=O) groups is 1. The fourth-order valence-electron chi connectivity index (χ4n) is 3.13.